The molecule has 0 aromatic heterocycles. The van der Waals surface area contributed by atoms with Crippen LogP contribution < -0.4 is 16.0 Å². The van der Waals surface area contributed by atoms with Crippen molar-refractivity contribution in [3.05, 3.63) is 54.1 Å². The highest BCUT2D eigenvalue weighted by Gasteiger charge is 2.15. The van der Waals surface area contributed by atoms with Crippen LogP contribution in [-0.2, 0) is 11.2 Å². The Hall–Kier alpha value is -2.20. The van der Waals surface area contributed by atoms with Gasteiger partial charge in [0.15, 0.2) is 0 Å². The molecule has 1 amide bonds. The fraction of sp³-hybridized carbons (Fsp3) is 0.316. The molecule has 1 aliphatic rings. The standard InChI is InChI=1S/C19H23N3O.ClH/c20-16-8-6-7-15(13-16)14-19(23)21-17-9-2-3-10-18(17)22-11-4-1-5-12-22;/h2-3,6-10,13H,1,4-5,11-12,14,20H2,(H,21,23);1H. The molecular formula is C19H24ClN3O. The van der Waals surface area contributed by atoms with Gasteiger partial charge >= 0.3 is 0 Å². The van der Waals surface area contributed by atoms with E-state index in [1.165, 1.54) is 19.3 Å². The molecule has 0 atom stereocenters. The van der Waals surface area contributed by atoms with Crippen LogP contribution in [0, 0.1) is 0 Å². The van der Waals surface area contributed by atoms with E-state index in [9.17, 15) is 4.79 Å². The molecular weight excluding hydrogens is 322 g/mol. The number of carbonyl (C=O) groups excluding carboxylic acids is 1. The van der Waals surface area contributed by atoms with Crippen molar-refractivity contribution in [2.45, 2.75) is 25.7 Å². The normalized spacial score (nSPS) is 13.9. The minimum Gasteiger partial charge on any atom is -0.399 e. The molecule has 5 heteroatoms. The largest absolute Gasteiger partial charge is 0.399 e. The van der Waals surface area contributed by atoms with Crippen LogP contribution in [0.2, 0.25) is 0 Å². The predicted octanol–water partition coefficient (Wildman–Crippen LogP) is 3.86. The summed E-state index contributed by atoms with van der Waals surface area (Å²) in [6.07, 6.45) is 4.05. The Morgan fingerprint density at radius 2 is 1.79 bits per heavy atom. The SMILES string of the molecule is Cl.Nc1cccc(CC(=O)Nc2ccccc2N2CCCCC2)c1. The summed E-state index contributed by atoms with van der Waals surface area (Å²) in [6, 6.07) is 15.5. The maximum absolute atomic E-state index is 12.4. The van der Waals surface area contributed by atoms with Crippen molar-refractivity contribution in [2.75, 3.05) is 29.0 Å². The Labute approximate surface area is 149 Å². The summed E-state index contributed by atoms with van der Waals surface area (Å²) in [5.74, 6) is -0.0138. The lowest BCUT2D eigenvalue weighted by Gasteiger charge is -2.30. The highest BCUT2D eigenvalue weighted by Crippen LogP contribution is 2.28. The van der Waals surface area contributed by atoms with Gasteiger partial charge in [0.2, 0.25) is 5.91 Å². The third-order valence-corrected chi connectivity index (χ3v) is 4.19. The summed E-state index contributed by atoms with van der Waals surface area (Å²) in [7, 11) is 0. The van der Waals surface area contributed by atoms with Gasteiger partial charge in [-0.05, 0) is 49.1 Å². The molecule has 1 saturated heterocycles. The Morgan fingerprint density at radius 1 is 1.04 bits per heavy atom. The van der Waals surface area contributed by atoms with E-state index in [2.05, 4.69) is 16.3 Å². The van der Waals surface area contributed by atoms with Gasteiger partial charge in [-0.15, -0.1) is 12.4 Å². The molecule has 0 bridgehead atoms. The predicted molar refractivity (Wildman–Crippen MR) is 103 cm³/mol. The lowest BCUT2D eigenvalue weighted by molar-refractivity contribution is -0.115. The fourth-order valence-electron chi connectivity index (χ4n) is 3.07. The summed E-state index contributed by atoms with van der Waals surface area (Å²) >= 11 is 0. The zero-order chi connectivity index (χ0) is 16.1. The van der Waals surface area contributed by atoms with Crippen LogP contribution in [0.3, 0.4) is 0 Å². The van der Waals surface area contributed by atoms with Gasteiger partial charge in [-0.1, -0.05) is 24.3 Å². The van der Waals surface area contributed by atoms with E-state index in [4.69, 9.17) is 5.73 Å². The summed E-state index contributed by atoms with van der Waals surface area (Å²) in [4.78, 5) is 14.7. The maximum Gasteiger partial charge on any atom is 0.228 e. The first-order chi connectivity index (χ1) is 11.2. The van der Waals surface area contributed by atoms with Crippen molar-refractivity contribution in [3.8, 4) is 0 Å². The molecule has 0 radical (unpaired) electrons. The van der Waals surface area contributed by atoms with E-state index in [-0.39, 0.29) is 18.3 Å². The number of hydrogen-bond acceptors (Lipinski definition) is 3. The lowest BCUT2D eigenvalue weighted by Crippen LogP contribution is -2.30. The number of piperidine rings is 1. The van der Waals surface area contributed by atoms with E-state index in [1.54, 1.807) is 0 Å². The molecule has 2 aromatic carbocycles. The summed E-state index contributed by atoms with van der Waals surface area (Å²) in [6.45, 7) is 2.12. The zero-order valence-corrected chi connectivity index (χ0v) is 14.5. The first-order valence-corrected chi connectivity index (χ1v) is 8.20. The molecule has 0 aliphatic carbocycles. The number of rotatable bonds is 4. The quantitative estimate of drug-likeness (QED) is 0.827. The Bertz CT molecular complexity index is 684. The van der Waals surface area contributed by atoms with Crippen LogP contribution >= 0.6 is 12.4 Å². The van der Waals surface area contributed by atoms with Gasteiger partial charge in [-0.3, -0.25) is 4.79 Å². The van der Waals surface area contributed by atoms with E-state index < -0.39 is 0 Å². The number of nitrogens with two attached hydrogens (primary N) is 1. The summed E-state index contributed by atoms with van der Waals surface area (Å²) in [5, 5.41) is 3.05. The van der Waals surface area contributed by atoms with E-state index in [1.807, 2.05) is 42.5 Å². The lowest BCUT2D eigenvalue weighted by atomic mass is 10.1. The number of nitrogen functional groups attached to an aromatic ring is 1. The van der Waals surface area contributed by atoms with Crippen LogP contribution in [0.15, 0.2) is 48.5 Å². The first-order valence-electron chi connectivity index (χ1n) is 8.20. The van der Waals surface area contributed by atoms with Gasteiger partial charge < -0.3 is 16.0 Å². The third-order valence-electron chi connectivity index (χ3n) is 4.19. The fourth-order valence-corrected chi connectivity index (χ4v) is 3.07. The average molecular weight is 346 g/mol. The number of benzene rings is 2. The van der Waals surface area contributed by atoms with E-state index in [0.717, 1.165) is 30.0 Å². The highest BCUT2D eigenvalue weighted by atomic mass is 35.5. The molecule has 0 spiro atoms. The van der Waals surface area contributed by atoms with Crippen LogP contribution in [0.4, 0.5) is 17.1 Å². The first kappa shape index (κ1) is 18.1. The maximum atomic E-state index is 12.4. The molecule has 0 unspecified atom stereocenters. The molecule has 1 fully saturated rings. The number of anilines is 3. The molecule has 1 aliphatic heterocycles. The van der Waals surface area contributed by atoms with Crippen LogP contribution in [0.1, 0.15) is 24.8 Å². The van der Waals surface area contributed by atoms with Crippen molar-refractivity contribution in [1.82, 2.24) is 0 Å². The Kier molecular flexibility index (Phi) is 6.50. The second-order valence-corrected chi connectivity index (χ2v) is 6.03. The second kappa shape index (κ2) is 8.60. The van der Waals surface area contributed by atoms with Gasteiger partial charge in [0, 0.05) is 18.8 Å². The van der Waals surface area contributed by atoms with Crippen molar-refractivity contribution in [2.24, 2.45) is 0 Å². The molecule has 2 aromatic rings. The number of carbonyl (C=O) groups is 1. The number of nitrogens with one attached hydrogen (secondary N) is 1. The number of para-hydroxylation sites is 2. The van der Waals surface area contributed by atoms with Crippen LogP contribution in [0.5, 0.6) is 0 Å². The van der Waals surface area contributed by atoms with Crippen LogP contribution in [-0.4, -0.2) is 19.0 Å². The summed E-state index contributed by atoms with van der Waals surface area (Å²) < 4.78 is 0. The Balaban J connectivity index is 0.00000208. The zero-order valence-electron chi connectivity index (χ0n) is 13.7. The van der Waals surface area contributed by atoms with Gasteiger partial charge in [-0.2, -0.15) is 0 Å². The van der Waals surface area contributed by atoms with Gasteiger partial charge in [-0.25, -0.2) is 0 Å². The van der Waals surface area contributed by atoms with Crippen molar-refractivity contribution >= 4 is 35.4 Å². The van der Waals surface area contributed by atoms with Gasteiger partial charge in [0.25, 0.3) is 0 Å². The minimum atomic E-state index is -0.0138. The van der Waals surface area contributed by atoms with Crippen LogP contribution in [0.25, 0.3) is 0 Å². The number of amides is 1. The van der Waals surface area contributed by atoms with Crippen molar-refractivity contribution < 1.29 is 4.79 Å². The minimum absolute atomic E-state index is 0. The smallest absolute Gasteiger partial charge is 0.228 e. The van der Waals surface area contributed by atoms with E-state index >= 15 is 0 Å². The molecule has 3 N–H and O–H groups in total. The van der Waals surface area contributed by atoms with Gasteiger partial charge in [0.05, 0.1) is 17.8 Å². The number of nitrogens with zero attached hydrogens (tertiary/aromatic N) is 1. The van der Waals surface area contributed by atoms with Gasteiger partial charge in [0.1, 0.15) is 0 Å². The molecule has 128 valence electrons. The van der Waals surface area contributed by atoms with Crippen molar-refractivity contribution in [1.29, 1.82) is 0 Å². The topological polar surface area (TPSA) is 58.4 Å². The molecule has 3 rings (SSSR count). The number of halogens is 1. The monoisotopic (exact) mass is 345 g/mol. The molecule has 0 saturated carbocycles. The highest BCUT2D eigenvalue weighted by molar-refractivity contribution is 5.95. The average Bonchev–Trinajstić information content (AvgIpc) is 2.56. The molecule has 24 heavy (non-hydrogen) atoms. The molecule has 1 heterocycles. The Morgan fingerprint density at radius 3 is 2.54 bits per heavy atom. The van der Waals surface area contributed by atoms with E-state index in [0.29, 0.717) is 12.1 Å². The third kappa shape index (κ3) is 4.65. The molecule has 4 nitrogen and oxygen atoms in total. The van der Waals surface area contributed by atoms with Crippen molar-refractivity contribution in [3.63, 3.8) is 0 Å². The second-order valence-electron chi connectivity index (χ2n) is 6.03. The summed E-state index contributed by atoms with van der Waals surface area (Å²) in [5.41, 5.74) is 9.39. The number of hydrogen-bond donors (Lipinski definition) is 2.